The molecule has 21 heavy (non-hydrogen) atoms. The van der Waals surface area contributed by atoms with Crippen molar-refractivity contribution in [2.75, 3.05) is 7.11 Å². The highest BCUT2D eigenvalue weighted by Crippen LogP contribution is 2.35. The fourth-order valence-corrected chi connectivity index (χ4v) is 2.82. The molecule has 0 saturated carbocycles. The third-order valence-electron chi connectivity index (χ3n) is 3.89. The maximum Gasteiger partial charge on any atom is 0.341 e. The first-order chi connectivity index (χ1) is 10.0. The molecule has 2 aromatic rings. The van der Waals surface area contributed by atoms with Gasteiger partial charge in [0.1, 0.15) is 11.3 Å². The zero-order valence-electron chi connectivity index (χ0n) is 11.8. The third-order valence-corrected chi connectivity index (χ3v) is 3.89. The Kier molecular flexibility index (Phi) is 3.05. The van der Waals surface area contributed by atoms with Crippen molar-refractivity contribution >= 4 is 5.97 Å². The van der Waals surface area contributed by atoms with E-state index in [1.54, 1.807) is 7.11 Å². The van der Waals surface area contributed by atoms with Crippen LogP contribution < -0.4 is 10.2 Å². The second kappa shape index (κ2) is 4.77. The van der Waals surface area contributed by atoms with Crippen molar-refractivity contribution in [1.82, 2.24) is 4.57 Å². The van der Waals surface area contributed by atoms with Gasteiger partial charge >= 0.3 is 5.97 Å². The Bertz CT molecular complexity index is 791. The van der Waals surface area contributed by atoms with E-state index >= 15 is 0 Å². The van der Waals surface area contributed by atoms with Crippen LogP contribution in [-0.4, -0.2) is 22.8 Å². The van der Waals surface area contributed by atoms with Gasteiger partial charge in [0.15, 0.2) is 5.43 Å². The van der Waals surface area contributed by atoms with Crippen molar-refractivity contribution in [2.45, 2.75) is 19.4 Å². The van der Waals surface area contributed by atoms with Crippen molar-refractivity contribution in [3.63, 3.8) is 0 Å². The molecule has 0 bridgehead atoms. The van der Waals surface area contributed by atoms with Crippen LogP contribution in [0, 0.1) is 0 Å². The number of nitrogens with zero attached hydrogens (tertiary/aromatic N) is 1. The zero-order chi connectivity index (χ0) is 15.1. The van der Waals surface area contributed by atoms with Gasteiger partial charge in [0.2, 0.25) is 0 Å². The molecular weight excluding hydrogens is 270 g/mol. The normalized spacial score (nSPS) is 16.0. The maximum atomic E-state index is 12.0. The second-order valence-corrected chi connectivity index (χ2v) is 5.23. The van der Waals surface area contributed by atoms with Gasteiger partial charge in [0.25, 0.3) is 0 Å². The van der Waals surface area contributed by atoms with Gasteiger partial charge in [-0.3, -0.25) is 4.79 Å². The molecular formula is C16H15NO4. The summed E-state index contributed by atoms with van der Waals surface area (Å²) in [6.07, 6.45) is 2.21. The lowest BCUT2D eigenvalue weighted by Crippen LogP contribution is -2.24. The van der Waals surface area contributed by atoms with Crippen molar-refractivity contribution in [1.29, 1.82) is 0 Å². The van der Waals surface area contributed by atoms with Crippen LogP contribution in [0.2, 0.25) is 0 Å². The summed E-state index contributed by atoms with van der Waals surface area (Å²) >= 11 is 0. The molecule has 0 spiro atoms. The highest BCUT2D eigenvalue weighted by atomic mass is 16.5. The average molecular weight is 285 g/mol. The van der Waals surface area contributed by atoms with E-state index in [9.17, 15) is 9.59 Å². The monoisotopic (exact) mass is 285 g/mol. The average Bonchev–Trinajstić information content (AvgIpc) is 2.45. The van der Waals surface area contributed by atoms with Gasteiger partial charge in [-0.2, -0.15) is 0 Å². The van der Waals surface area contributed by atoms with Gasteiger partial charge in [0, 0.05) is 23.9 Å². The van der Waals surface area contributed by atoms with E-state index in [4.69, 9.17) is 9.84 Å². The Morgan fingerprint density at radius 2 is 2.14 bits per heavy atom. The Balaban J connectivity index is 2.25. The molecule has 1 aliphatic rings. The summed E-state index contributed by atoms with van der Waals surface area (Å²) in [5, 5.41) is 9.09. The van der Waals surface area contributed by atoms with Crippen LogP contribution in [0.1, 0.15) is 28.9 Å². The molecule has 1 aromatic heterocycles. The topological polar surface area (TPSA) is 68.5 Å². The van der Waals surface area contributed by atoms with E-state index < -0.39 is 11.4 Å². The standard InChI is InChI=1S/C16H15NO4/c1-9-5-10-6-11(21-2)3-4-12(10)14-7-15(18)13(16(19)20)8-17(9)14/h3-4,6-9H,5H2,1-2H3,(H,19,20). The van der Waals surface area contributed by atoms with Gasteiger partial charge in [0.05, 0.1) is 12.8 Å². The van der Waals surface area contributed by atoms with Gasteiger partial charge in [-0.25, -0.2) is 4.79 Å². The highest BCUT2D eigenvalue weighted by Gasteiger charge is 2.23. The van der Waals surface area contributed by atoms with Gasteiger partial charge in [-0.15, -0.1) is 0 Å². The van der Waals surface area contributed by atoms with Crippen LogP contribution in [0.4, 0.5) is 0 Å². The lowest BCUT2D eigenvalue weighted by Gasteiger charge is -2.28. The number of benzene rings is 1. The van der Waals surface area contributed by atoms with Crippen molar-refractivity contribution in [3.05, 3.63) is 51.8 Å². The van der Waals surface area contributed by atoms with E-state index in [0.29, 0.717) is 0 Å². The van der Waals surface area contributed by atoms with Crippen LogP contribution in [0.5, 0.6) is 5.75 Å². The van der Waals surface area contributed by atoms with Crippen molar-refractivity contribution in [3.8, 4) is 17.0 Å². The largest absolute Gasteiger partial charge is 0.497 e. The number of rotatable bonds is 2. The smallest absolute Gasteiger partial charge is 0.341 e. The third kappa shape index (κ3) is 2.11. The molecule has 1 aromatic carbocycles. The molecule has 108 valence electrons. The van der Waals surface area contributed by atoms with Crippen LogP contribution >= 0.6 is 0 Å². The molecule has 5 nitrogen and oxygen atoms in total. The lowest BCUT2D eigenvalue weighted by molar-refractivity contribution is 0.0694. The molecule has 1 aliphatic heterocycles. The molecule has 1 atom stereocenters. The minimum absolute atomic E-state index is 0.0818. The van der Waals surface area contributed by atoms with E-state index in [1.165, 1.54) is 12.3 Å². The molecule has 0 fully saturated rings. The number of fused-ring (bicyclic) bond motifs is 3. The van der Waals surface area contributed by atoms with E-state index in [0.717, 1.165) is 29.0 Å². The predicted octanol–water partition coefficient (Wildman–Crippen LogP) is 2.34. The van der Waals surface area contributed by atoms with Crippen molar-refractivity contribution in [2.24, 2.45) is 0 Å². The molecule has 5 heteroatoms. The number of carboxylic acid groups (broad SMARTS) is 1. The molecule has 1 unspecified atom stereocenters. The molecule has 0 radical (unpaired) electrons. The van der Waals surface area contributed by atoms with Gasteiger partial charge < -0.3 is 14.4 Å². The number of ether oxygens (including phenoxy) is 1. The Morgan fingerprint density at radius 1 is 1.38 bits per heavy atom. The first-order valence-corrected chi connectivity index (χ1v) is 6.68. The number of pyridine rings is 1. The Morgan fingerprint density at radius 3 is 2.81 bits per heavy atom. The first-order valence-electron chi connectivity index (χ1n) is 6.68. The number of carbonyl (C=O) groups is 1. The number of carboxylic acids is 1. The number of hydrogen-bond donors (Lipinski definition) is 1. The Hall–Kier alpha value is -2.56. The van der Waals surface area contributed by atoms with Crippen LogP contribution in [0.3, 0.4) is 0 Å². The summed E-state index contributed by atoms with van der Waals surface area (Å²) < 4.78 is 7.09. The minimum atomic E-state index is -1.19. The van der Waals surface area contributed by atoms with E-state index in [-0.39, 0.29) is 11.6 Å². The quantitative estimate of drug-likeness (QED) is 0.919. The number of aromatic carboxylic acids is 1. The predicted molar refractivity (Wildman–Crippen MR) is 78.1 cm³/mol. The van der Waals surface area contributed by atoms with Crippen LogP contribution in [0.15, 0.2) is 35.3 Å². The summed E-state index contributed by atoms with van der Waals surface area (Å²) in [7, 11) is 1.62. The molecule has 0 saturated heterocycles. The van der Waals surface area contributed by atoms with Crippen LogP contribution in [-0.2, 0) is 6.42 Å². The highest BCUT2D eigenvalue weighted by molar-refractivity contribution is 5.87. The number of methoxy groups -OCH3 is 1. The lowest BCUT2D eigenvalue weighted by atomic mass is 9.92. The summed E-state index contributed by atoms with van der Waals surface area (Å²) in [6.45, 7) is 2.00. The molecule has 0 aliphatic carbocycles. The van der Waals surface area contributed by atoms with Gasteiger partial charge in [-0.1, -0.05) is 0 Å². The fourth-order valence-electron chi connectivity index (χ4n) is 2.82. The Labute approximate surface area is 121 Å². The zero-order valence-corrected chi connectivity index (χ0v) is 11.8. The van der Waals surface area contributed by atoms with Gasteiger partial charge in [-0.05, 0) is 37.1 Å². The number of hydrogen-bond acceptors (Lipinski definition) is 3. The maximum absolute atomic E-state index is 12.0. The van der Waals surface area contributed by atoms with E-state index in [1.807, 2.05) is 29.7 Å². The molecule has 0 amide bonds. The summed E-state index contributed by atoms with van der Waals surface area (Å²) in [4.78, 5) is 23.1. The molecule has 2 heterocycles. The second-order valence-electron chi connectivity index (χ2n) is 5.23. The molecule has 1 N–H and O–H groups in total. The summed E-state index contributed by atoms with van der Waals surface area (Å²) in [6, 6.07) is 7.20. The van der Waals surface area contributed by atoms with E-state index in [2.05, 4.69) is 0 Å². The summed E-state index contributed by atoms with van der Waals surface area (Å²) in [5.41, 5.74) is 2.14. The number of aromatic nitrogens is 1. The molecule has 3 rings (SSSR count). The summed E-state index contributed by atoms with van der Waals surface area (Å²) in [5.74, 6) is -0.415. The minimum Gasteiger partial charge on any atom is -0.497 e. The van der Waals surface area contributed by atoms with Crippen LogP contribution in [0.25, 0.3) is 11.3 Å². The van der Waals surface area contributed by atoms with Crippen molar-refractivity contribution < 1.29 is 14.6 Å². The fraction of sp³-hybridized carbons (Fsp3) is 0.250. The first kappa shape index (κ1) is 13.4. The SMILES string of the molecule is COc1ccc2c(c1)CC(C)n1cc(C(=O)O)c(=O)cc1-2.